The zero-order valence-corrected chi connectivity index (χ0v) is 11.0. The third-order valence-corrected chi connectivity index (χ3v) is 5.13. The fourth-order valence-electron chi connectivity index (χ4n) is 5.05. The number of allylic oxidation sites excluding steroid dienone is 1. The normalized spacial score (nSPS) is 42.1. The van der Waals surface area contributed by atoms with Crippen molar-refractivity contribution in [2.75, 3.05) is 6.79 Å². The molecule has 3 nitrogen and oxygen atoms in total. The van der Waals surface area contributed by atoms with Crippen LogP contribution in [0.3, 0.4) is 0 Å². The molecule has 4 saturated carbocycles. The Kier molecular flexibility index (Phi) is 2.97. The second kappa shape index (κ2) is 4.37. The molecule has 0 saturated heterocycles. The number of esters is 1. The maximum absolute atomic E-state index is 11.6. The van der Waals surface area contributed by atoms with Crippen molar-refractivity contribution in [1.29, 1.82) is 0 Å². The molecular formula is C15H22O3. The van der Waals surface area contributed by atoms with Crippen molar-refractivity contribution in [2.24, 2.45) is 23.2 Å². The van der Waals surface area contributed by atoms with Gasteiger partial charge in [-0.05, 0) is 68.6 Å². The van der Waals surface area contributed by atoms with Crippen LogP contribution < -0.4 is 0 Å². The second-order valence-corrected chi connectivity index (χ2v) is 6.67. The molecular weight excluding hydrogens is 228 g/mol. The van der Waals surface area contributed by atoms with Gasteiger partial charge in [0.2, 0.25) is 0 Å². The Bertz CT molecular complexity index is 348. The Hall–Kier alpha value is -0.830. The van der Waals surface area contributed by atoms with E-state index in [1.165, 1.54) is 38.5 Å². The molecule has 0 aliphatic heterocycles. The second-order valence-electron chi connectivity index (χ2n) is 6.67. The van der Waals surface area contributed by atoms with Gasteiger partial charge in [-0.2, -0.15) is 0 Å². The standard InChI is InChI=1S/C15H22O3/c1-10(14(17)18-9-16)5-15-6-11-2-12(7-15)4-13(3-11)8-15/h5,11-13,16H,2-4,6-9H2,1H3/b10-5+. The van der Waals surface area contributed by atoms with Gasteiger partial charge in [0, 0.05) is 5.57 Å². The molecule has 3 heteroatoms. The van der Waals surface area contributed by atoms with E-state index < -0.39 is 6.79 Å². The zero-order valence-electron chi connectivity index (χ0n) is 11.0. The van der Waals surface area contributed by atoms with Crippen LogP contribution in [-0.2, 0) is 9.53 Å². The first kappa shape index (κ1) is 12.2. The quantitative estimate of drug-likeness (QED) is 0.476. The molecule has 0 unspecified atom stereocenters. The van der Waals surface area contributed by atoms with Crippen LogP contribution in [0.15, 0.2) is 11.6 Å². The average Bonchev–Trinajstić information content (AvgIpc) is 2.26. The van der Waals surface area contributed by atoms with E-state index >= 15 is 0 Å². The molecule has 0 atom stereocenters. The molecule has 4 aliphatic carbocycles. The molecule has 0 aromatic rings. The highest BCUT2D eigenvalue weighted by atomic mass is 16.6. The molecule has 4 rings (SSSR count). The van der Waals surface area contributed by atoms with Gasteiger partial charge < -0.3 is 9.84 Å². The maximum atomic E-state index is 11.6. The van der Waals surface area contributed by atoms with E-state index in [2.05, 4.69) is 10.8 Å². The summed E-state index contributed by atoms with van der Waals surface area (Å²) in [6.45, 7) is 1.29. The van der Waals surface area contributed by atoms with E-state index in [4.69, 9.17) is 5.11 Å². The molecule has 18 heavy (non-hydrogen) atoms. The Morgan fingerprint density at radius 1 is 1.22 bits per heavy atom. The minimum absolute atomic E-state index is 0.257. The number of aliphatic hydroxyl groups excluding tert-OH is 1. The SMILES string of the molecule is C/C(=C\C12CC3CC(CC(C3)C1)C2)C(=O)OCO. The summed E-state index contributed by atoms with van der Waals surface area (Å²) in [6, 6.07) is 0. The number of ether oxygens (including phenoxy) is 1. The summed E-state index contributed by atoms with van der Waals surface area (Å²) in [5, 5.41) is 8.64. The van der Waals surface area contributed by atoms with Crippen LogP contribution in [0.1, 0.15) is 45.4 Å². The maximum Gasteiger partial charge on any atom is 0.335 e. The Labute approximate surface area is 108 Å². The first-order chi connectivity index (χ1) is 8.60. The summed E-state index contributed by atoms with van der Waals surface area (Å²) in [5.74, 6) is 2.28. The average molecular weight is 250 g/mol. The smallest absolute Gasteiger partial charge is 0.335 e. The minimum atomic E-state index is -0.523. The third kappa shape index (κ3) is 2.09. The van der Waals surface area contributed by atoms with Gasteiger partial charge in [0.05, 0.1) is 0 Å². The van der Waals surface area contributed by atoms with Gasteiger partial charge in [0.1, 0.15) is 0 Å². The Morgan fingerprint density at radius 3 is 2.17 bits per heavy atom. The van der Waals surface area contributed by atoms with Gasteiger partial charge in [-0.3, -0.25) is 0 Å². The van der Waals surface area contributed by atoms with Crippen molar-refractivity contribution in [3.8, 4) is 0 Å². The van der Waals surface area contributed by atoms with E-state index in [9.17, 15) is 4.79 Å². The van der Waals surface area contributed by atoms with Crippen LogP contribution in [0, 0.1) is 23.2 Å². The topological polar surface area (TPSA) is 46.5 Å². The van der Waals surface area contributed by atoms with Gasteiger partial charge in [-0.15, -0.1) is 0 Å². The number of carbonyl (C=O) groups excluding carboxylic acids is 1. The molecule has 0 heterocycles. The summed E-state index contributed by atoms with van der Waals surface area (Å²) < 4.78 is 4.67. The van der Waals surface area contributed by atoms with Crippen LogP contribution in [0.25, 0.3) is 0 Å². The van der Waals surface area contributed by atoms with Crippen LogP contribution in [0.2, 0.25) is 0 Å². The molecule has 4 aliphatic rings. The highest BCUT2D eigenvalue weighted by molar-refractivity contribution is 5.87. The van der Waals surface area contributed by atoms with Crippen LogP contribution in [-0.4, -0.2) is 17.9 Å². The first-order valence-electron chi connectivity index (χ1n) is 7.08. The molecule has 100 valence electrons. The van der Waals surface area contributed by atoms with E-state index in [-0.39, 0.29) is 11.4 Å². The highest BCUT2D eigenvalue weighted by Crippen LogP contribution is 2.60. The van der Waals surface area contributed by atoms with Crippen LogP contribution in [0.5, 0.6) is 0 Å². The number of hydrogen-bond acceptors (Lipinski definition) is 3. The van der Waals surface area contributed by atoms with E-state index in [1.54, 1.807) is 0 Å². The van der Waals surface area contributed by atoms with Crippen molar-refractivity contribution >= 4 is 5.97 Å². The number of hydrogen-bond donors (Lipinski definition) is 1. The van der Waals surface area contributed by atoms with E-state index in [1.807, 2.05) is 6.92 Å². The van der Waals surface area contributed by atoms with Gasteiger partial charge in [-0.25, -0.2) is 4.79 Å². The largest absolute Gasteiger partial charge is 0.435 e. The van der Waals surface area contributed by atoms with Gasteiger partial charge in [0.15, 0.2) is 6.79 Å². The van der Waals surface area contributed by atoms with E-state index in [0.29, 0.717) is 5.57 Å². The van der Waals surface area contributed by atoms with Crippen LogP contribution >= 0.6 is 0 Å². The van der Waals surface area contributed by atoms with Gasteiger partial charge in [-0.1, -0.05) is 6.08 Å². The predicted molar refractivity (Wildman–Crippen MR) is 67.5 cm³/mol. The molecule has 4 fully saturated rings. The summed E-state index contributed by atoms with van der Waals surface area (Å²) >= 11 is 0. The molecule has 1 N–H and O–H groups in total. The lowest BCUT2D eigenvalue weighted by Gasteiger charge is -2.56. The minimum Gasteiger partial charge on any atom is -0.435 e. The zero-order chi connectivity index (χ0) is 12.8. The van der Waals surface area contributed by atoms with Crippen LogP contribution in [0.4, 0.5) is 0 Å². The number of carbonyl (C=O) groups is 1. The fourth-order valence-corrected chi connectivity index (χ4v) is 5.05. The highest BCUT2D eigenvalue weighted by Gasteiger charge is 2.49. The molecule has 0 radical (unpaired) electrons. The predicted octanol–water partition coefficient (Wildman–Crippen LogP) is 2.64. The summed E-state index contributed by atoms with van der Waals surface area (Å²) in [4.78, 5) is 11.6. The lowest BCUT2D eigenvalue weighted by Crippen LogP contribution is -2.45. The van der Waals surface area contributed by atoms with Crippen molar-refractivity contribution in [1.82, 2.24) is 0 Å². The lowest BCUT2D eigenvalue weighted by molar-refractivity contribution is -0.147. The summed E-state index contributed by atoms with van der Waals surface area (Å²) in [5.41, 5.74) is 0.929. The fraction of sp³-hybridized carbons (Fsp3) is 0.800. The van der Waals surface area contributed by atoms with Crippen molar-refractivity contribution in [3.63, 3.8) is 0 Å². The molecule has 0 amide bonds. The first-order valence-corrected chi connectivity index (χ1v) is 7.08. The summed E-state index contributed by atoms with van der Waals surface area (Å²) in [7, 11) is 0. The lowest BCUT2D eigenvalue weighted by atomic mass is 9.49. The van der Waals surface area contributed by atoms with E-state index in [0.717, 1.165) is 17.8 Å². The molecule has 0 aromatic heterocycles. The number of aliphatic hydroxyl groups is 1. The Balaban J connectivity index is 1.79. The van der Waals surface area contributed by atoms with Crippen molar-refractivity contribution in [3.05, 3.63) is 11.6 Å². The van der Waals surface area contributed by atoms with Gasteiger partial charge >= 0.3 is 5.97 Å². The molecule has 4 bridgehead atoms. The van der Waals surface area contributed by atoms with Crippen molar-refractivity contribution in [2.45, 2.75) is 45.4 Å². The molecule has 0 aromatic carbocycles. The Morgan fingerprint density at radius 2 is 1.72 bits per heavy atom. The monoisotopic (exact) mass is 250 g/mol. The third-order valence-electron chi connectivity index (χ3n) is 5.13. The summed E-state index contributed by atoms with van der Waals surface area (Å²) in [6.07, 6.45) is 10.2. The number of rotatable bonds is 3. The van der Waals surface area contributed by atoms with Crippen molar-refractivity contribution < 1.29 is 14.6 Å². The molecule has 0 spiro atoms. The van der Waals surface area contributed by atoms with Gasteiger partial charge in [0.25, 0.3) is 0 Å².